The SMILES string of the molecule is CCCC1=C/CCC#C/C(Cl)=C\1. The van der Waals surface area contributed by atoms with Crippen molar-refractivity contribution in [2.45, 2.75) is 32.6 Å². The molecule has 64 valence electrons. The number of hydrogen-bond donors (Lipinski definition) is 0. The van der Waals surface area contributed by atoms with Crippen molar-refractivity contribution in [1.82, 2.24) is 0 Å². The Morgan fingerprint density at radius 1 is 1.58 bits per heavy atom. The standard InChI is InChI=1S/C11H13Cl/c1-2-6-10-7-4-3-5-8-11(12)9-10/h7,9H,2-4,6H2,1H3/b10-7-,11-9+. The van der Waals surface area contributed by atoms with Crippen LogP contribution in [-0.4, -0.2) is 0 Å². The molecule has 0 aliphatic heterocycles. The molecule has 0 unspecified atom stereocenters. The normalized spacial score (nSPS) is 25.2. The summed E-state index contributed by atoms with van der Waals surface area (Å²) in [5, 5.41) is 0.675. The fraction of sp³-hybridized carbons (Fsp3) is 0.455. The highest BCUT2D eigenvalue weighted by Crippen LogP contribution is 2.14. The molecule has 0 bridgehead atoms. The topological polar surface area (TPSA) is 0 Å². The molecule has 0 radical (unpaired) electrons. The summed E-state index contributed by atoms with van der Waals surface area (Å²) in [6.45, 7) is 2.17. The molecule has 1 heteroatoms. The highest BCUT2D eigenvalue weighted by Gasteiger charge is 1.95. The van der Waals surface area contributed by atoms with Crippen molar-refractivity contribution < 1.29 is 0 Å². The van der Waals surface area contributed by atoms with Crippen LogP contribution in [0.25, 0.3) is 0 Å². The van der Waals surface area contributed by atoms with Gasteiger partial charge in [-0.2, -0.15) is 0 Å². The third-order valence-electron chi connectivity index (χ3n) is 1.73. The van der Waals surface area contributed by atoms with Gasteiger partial charge in [0.2, 0.25) is 0 Å². The van der Waals surface area contributed by atoms with E-state index >= 15 is 0 Å². The molecule has 0 nitrogen and oxygen atoms in total. The van der Waals surface area contributed by atoms with E-state index in [9.17, 15) is 0 Å². The van der Waals surface area contributed by atoms with E-state index < -0.39 is 0 Å². The predicted octanol–water partition coefficient (Wildman–Crippen LogP) is 3.63. The Balaban J connectivity index is 2.73. The first-order valence-electron chi connectivity index (χ1n) is 4.38. The summed E-state index contributed by atoms with van der Waals surface area (Å²) < 4.78 is 0. The molecule has 0 aromatic heterocycles. The number of allylic oxidation sites excluding steroid dienone is 4. The van der Waals surface area contributed by atoms with E-state index in [0.29, 0.717) is 5.03 Å². The minimum absolute atomic E-state index is 0.675. The predicted molar refractivity (Wildman–Crippen MR) is 53.9 cm³/mol. The van der Waals surface area contributed by atoms with Crippen molar-refractivity contribution in [3.05, 3.63) is 22.8 Å². The van der Waals surface area contributed by atoms with E-state index in [1.54, 1.807) is 0 Å². The molecule has 0 saturated heterocycles. The molecule has 0 amide bonds. The Morgan fingerprint density at radius 3 is 3.17 bits per heavy atom. The molecule has 0 aromatic carbocycles. The summed E-state index contributed by atoms with van der Waals surface area (Å²) in [6.07, 6.45) is 8.48. The summed E-state index contributed by atoms with van der Waals surface area (Å²) in [4.78, 5) is 0. The van der Waals surface area contributed by atoms with E-state index in [1.165, 1.54) is 12.0 Å². The quantitative estimate of drug-likeness (QED) is 0.570. The van der Waals surface area contributed by atoms with Crippen LogP contribution in [-0.2, 0) is 0 Å². The second-order valence-electron chi connectivity index (χ2n) is 2.86. The number of rotatable bonds is 2. The van der Waals surface area contributed by atoms with Crippen LogP contribution in [0.3, 0.4) is 0 Å². The first-order chi connectivity index (χ1) is 5.83. The van der Waals surface area contributed by atoms with Crippen LogP contribution >= 0.6 is 11.6 Å². The van der Waals surface area contributed by atoms with Gasteiger partial charge in [0, 0.05) is 6.42 Å². The minimum Gasteiger partial charge on any atom is -0.0966 e. The summed E-state index contributed by atoms with van der Waals surface area (Å²) in [5.74, 6) is 5.91. The van der Waals surface area contributed by atoms with Gasteiger partial charge in [-0.15, -0.1) is 0 Å². The van der Waals surface area contributed by atoms with Crippen LogP contribution < -0.4 is 0 Å². The molecule has 0 spiro atoms. The maximum Gasteiger partial charge on any atom is 0.0906 e. The molecule has 12 heavy (non-hydrogen) atoms. The van der Waals surface area contributed by atoms with E-state index in [-0.39, 0.29) is 0 Å². The highest BCUT2D eigenvalue weighted by atomic mass is 35.5. The van der Waals surface area contributed by atoms with Crippen molar-refractivity contribution in [2.24, 2.45) is 0 Å². The fourth-order valence-electron chi connectivity index (χ4n) is 1.20. The molecular formula is C11H13Cl. The fourth-order valence-corrected chi connectivity index (χ4v) is 1.40. The molecule has 0 saturated carbocycles. The summed E-state index contributed by atoms with van der Waals surface area (Å²) >= 11 is 5.87. The Labute approximate surface area is 79.3 Å². The van der Waals surface area contributed by atoms with Crippen LogP contribution in [0.1, 0.15) is 32.6 Å². The lowest BCUT2D eigenvalue weighted by Crippen LogP contribution is -1.82. The molecule has 0 heterocycles. The van der Waals surface area contributed by atoms with Gasteiger partial charge in [0.15, 0.2) is 0 Å². The van der Waals surface area contributed by atoms with Gasteiger partial charge in [0.25, 0.3) is 0 Å². The second-order valence-corrected chi connectivity index (χ2v) is 3.27. The van der Waals surface area contributed by atoms with Gasteiger partial charge < -0.3 is 0 Å². The van der Waals surface area contributed by atoms with Gasteiger partial charge in [-0.1, -0.05) is 42.9 Å². The summed E-state index contributed by atoms with van der Waals surface area (Å²) in [5.41, 5.74) is 1.33. The largest absolute Gasteiger partial charge is 0.0966 e. The molecule has 0 N–H and O–H groups in total. The molecule has 0 fully saturated rings. The lowest BCUT2D eigenvalue weighted by Gasteiger charge is -2.01. The molecule has 1 rings (SSSR count). The Morgan fingerprint density at radius 2 is 2.42 bits per heavy atom. The maximum absolute atomic E-state index is 5.87. The van der Waals surface area contributed by atoms with Crippen molar-refractivity contribution in [1.29, 1.82) is 0 Å². The number of halogens is 1. The summed E-state index contributed by atoms with van der Waals surface area (Å²) in [6, 6.07) is 0. The van der Waals surface area contributed by atoms with Crippen molar-refractivity contribution in [3.8, 4) is 11.8 Å². The first-order valence-corrected chi connectivity index (χ1v) is 4.76. The summed E-state index contributed by atoms with van der Waals surface area (Å²) in [7, 11) is 0. The van der Waals surface area contributed by atoms with Crippen LogP contribution in [0, 0.1) is 11.8 Å². The van der Waals surface area contributed by atoms with Crippen molar-refractivity contribution in [2.75, 3.05) is 0 Å². The van der Waals surface area contributed by atoms with Gasteiger partial charge in [0.1, 0.15) is 0 Å². The van der Waals surface area contributed by atoms with Crippen molar-refractivity contribution >= 4 is 11.6 Å². The average molecular weight is 181 g/mol. The van der Waals surface area contributed by atoms with Crippen LogP contribution in [0.5, 0.6) is 0 Å². The lowest BCUT2D eigenvalue weighted by atomic mass is 10.1. The van der Waals surface area contributed by atoms with Crippen LogP contribution in [0.15, 0.2) is 22.8 Å². The van der Waals surface area contributed by atoms with E-state index in [4.69, 9.17) is 11.6 Å². The maximum atomic E-state index is 5.87. The highest BCUT2D eigenvalue weighted by molar-refractivity contribution is 6.32. The third kappa shape index (κ3) is 3.15. The van der Waals surface area contributed by atoms with Gasteiger partial charge in [-0.3, -0.25) is 0 Å². The second kappa shape index (κ2) is 5.06. The van der Waals surface area contributed by atoms with Gasteiger partial charge >= 0.3 is 0 Å². The molecular weight excluding hydrogens is 168 g/mol. The van der Waals surface area contributed by atoms with Crippen LogP contribution in [0.4, 0.5) is 0 Å². The van der Waals surface area contributed by atoms with Crippen LogP contribution in [0.2, 0.25) is 0 Å². The zero-order chi connectivity index (χ0) is 8.81. The Hall–Kier alpha value is -0.670. The zero-order valence-corrected chi connectivity index (χ0v) is 8.12. The van der Waals surface area contributed by atoms with E-state index in [1.807, 2.05) is 6.08 Å². The van der Waals surface area contributed by atoms with E-state index in [0.717, 1.165) is 19.3 Å². The average Bonchev–Trinajstić information content (AvgIpc) is 2.00. The van der Waals surface area contributed by atoms with Gasteiger partial charge in [-0.25, -0.2) is 0 Å². The minimum atomic E-state index is 0.675. The lowest BCUT2D eigenvalue weighted by molar-refractivity contribution is 0.911. The molecule has 0 aromatic rings. The molecule has 0 atom stereocenters. The number of hydrogen-bond acceptors (Lipinski definition) is 0. The Kier molecular flexibility index (Phi) is 3.97. The molecule has 1 aliphatic rings. The molecule has 1 aliphatic carbocycles. The van der Waals surface area contributed by atoms with E-state index in [2.05, 4.69) is 24.8 Å². The zero-order valence-electron chi connectivity index (χ0n) is 7.36. The third-order valence-corrected chi connectivity index (χ3v) is 1.94. The van der Waals surface area contributed by atoms with Crippen molar-refractivity contribution in [3.63, 3.8) is 0 Å². The first kappa shape index (κ1) is 9.42. The smallest absolute Gasteiger partial charge is 0.0906 e. The van der Waals surface area contributed by atoms with Gasteiger partial charge in [-0.05, 0) is 24.5 Å². The Bertz CT molecular complexity index is 260. The monoisotopic (exact) mass is 180 g/mol. The van der Waals surface area contributed by atoms with Gasteiger partial charge in [0.05, 0.1) is 5.03 Å².